The highest BCUT2D eigenvalue weighted by molar-refractivity contribution is 6.25. The van der Waals surface area contributed by atoms with Crippen LogP contribution >= 0.6 is 0 Å². The van der Waals surface area contributed by atoms with Crippen molar-refractivity contribution in [2.75, 3.05) is 26.3 Å². The van der Waals surface area contributed by atoms with Crippen LogP contribution in [0.3, 0.4) is 0 Å². The van der Waals surface area contributed by atoms with E-state index in [9.17, 15) is 9.59 Å². The highest BCUT2D eigenvalue weighted by Crippen LogP contribution is 1.92. The van der Waals surface area contributed by atoms with Gasteiger partial charge in [-0.2, -0.15) is 0 Å². The molecule has 0 aliphatic rings. The summed E-state index contributed by atoms with van der Waals surface area (Å²) in [4.78, 5) is 39.8. The molecule has 0 radical (unpaired) electrons. The summed E-state index contributed by atoms with van der Waals surface area (Å²) in [5, 5.41) is 40.2. The molecule has 0 fully saturated rings. The van der Waals surface area contributed by atoms with Crippen LogP contribution in [0.4, 0.5) is 0 Å². The molecule has 0 unspecified atom stereocenters. The van der Waals surface area contributed by atoms with Crippen LogP contribution in [0.25, 0.3) is 0 Å². The molecule has 0 heterocycles. The highest BCUT2D eigenvalue weighted by atomic mass is 16.4. The first kappa shape index (κ1) is 32.4. The fraction of sp³-hybridized carbons (Fsp3) is 0.778. The van der Waals surface area contributed by atoms with E-state index in [1.807, 2.05) is 27.7 Å². The molecule has 0 aromatic heterocycles. The lowest BCUT2D eigenvalue weighted by Gasteiger charge is -2.15. The molecule has 0 aliphatic heterocycles. The Labute approximate surface area is 177 Å². The van der Waals surface area contributed by atoms with E-state index in [0.717, 1.165) is 0 Å². The zero-order chi connectivity index (χ0) is 24.4. The van der Waals surface area contributed by atoms with Crippen LogP contribution in [-0.4, -0.2) is 71.3 Å². The Hall–Kier alpha value is -2.28. The summed E-state index contributed by atoms with van der Waals surface area (Å²) >= 11 is 0. The molecule has 0 rings (SSSR count). The van der Waals surface area contributed by atoms with Crippen molar-refractivity contribution in [3.05, 3.63) is 0 Å². The molecular formula is C18H38N4O8. The molecule has 0 saturated carbocycles. The van der Waals surface area contributed by atoms with Crippen LogP contribution in [0, 0.1) is 0 Å². The second kappa shape index (κ2) is 17.6. The van der Waals surface area contributed by atoms with E-state index in [2.05, 4.69) is 22.1 Å². The Balaban J connectivity index is -0.000000386. The van der Waals surface area contributed by atoms with Gasteiger partial charge in [-0.15, -0.1) is 0 Å². The number of carboxylic acid groups (broad SMARTS) is 2. The number of aliphatic hydroxyl groups is 2. The number of carboxylic acids is 2. The average molecular weight is 439 g/mol. The first-order chi connectivity index (χ1) is 13.6. The number of quaternary nitrogens is 2. The van der Waals surface area contributed by atoms with Crippen LogP contribution in [0.2, 0.25) is 0 Å². The summed E-state index contributed by atoms with van der Waals surface area (Å²) in [5.74, 6) is -4.40. The number of amides is 2. The molecule has 12 heteroatoms. The molecule has 0 aliphatic carbocycles. The van der Waals surface area contributed by atoms with Crippen molar-refractivity contribution in [2.45, 2.75) is 64.5 Å². The second-order valence-corrected chi connectivity index (χ2v) is 8.11. The molecular weight excluding hydrogens is 400 g/mol. The third-order valence-corrected chi connectivity index (χ3v) is 2.82. The van der Waals surface area contributed by atoms with E-state index in [0.29, 0.717) is 38.8 Å². The van der Waals surface area contributed by atoms with E-state index in [1.54, 1.807) is 0 Å². The Morgan fingerprint density at radius 3 is 1.17 bits per heavy atom. The van der Waals surface area contributed by atoms with Crippen molar-refractivity contribution in [3.63, 3.8) is 0 Å². The van der Waals surface area contributed by atoms with E-state index in [1.165, 1.54) is 0 Å². The van der Waals surface area contributed by atoms with E-state index < -0.39 is 11.9 Å². The fourth-order valence-corrected chi connectivity index (χ4v) is 1.33. The van der Waals surface area contributed by atoms with Crippen LogP contribution in [-0.2, 0) is 19.2 Å². The maximum absolute atomic E-state index is 11.0. The lowest BCUT2D eigenvalue weighted by Crippen LogP contribution is -2.73. The van der Waals surface area contributed by atoms with Gasteiger partial charge in [-0.1, -0.05) is 0 Å². The summed E-state index contributed by atoms with van der Waals surface area (Å²) in [6, 6.07) is 0. The van der Waals surface area contributed by atoms with Gasteiger partial charge < -0.3 is 52.1 Å². The molecule has 0 aromatic carbocycles. The van der Waals surface area contributed by atoms with Gasteiger partial charge in [0.2, 0.25) is 11.8 Å². The monoisotopic (exact) mass is 438 g/mol. The van der Waals surface area contributed by atoms with Crippen molar-refractivity contribution in [2.24, 2.45) is 0 Å². The summed E-state index contributed by atoms with van der Waals surface area (Å²) in [6.07, 6.45) is 1.85. The maximum Gasteiger partial charge on any atom is 0.220 e. The van der Waals surface area contributed by atoms with Gasteiger partial charge >= 0.3 is 0 Å². The molecule has 12 nitrogen and oxygen atoms in total. The number of hydrogen-bond donors (Lipinski definition) is 6. The van der Waals surface area contributed by atoms with Crippen LogP contribution in [0.15, 0.2) is 0 Å². The number of aliphatic hydroxyl groups excluding tert-OH is 2. The zero-order valence-corrected chi connectivity index (χ0v) is 18.4. The Morgan fingerprint density at radius 2 is 1.00 bits per heavy atom. The predicted molar refractivity (Wildman–Crippen MR) is 103 cm³/mol. The molecule has 0 aromatic rings. The lowest BCUT2D eigenvalue weighted by atomic mass is 10.1. The molecule has 2 amide bonds. The van der Waals surface area contributed by atoms with E-state index in [-0.39, 0.29) is 36.1 Å². The number of aliphatic carboxylic acids is 2. The van der Waals surface area contributed by atoms with Gasteiger partial charge in [0, 0.05) is 26.1 Å². The third kappa shape index (κ3) is 33.3. The first-order valence-corrected chi connectivity index (χ1v) is 9.44. The van der Waals surface area contributed by atoms with Gasteiger partial charge in [-0.05, 0) is 40.5 Å². The van der Waals surface area contributed by atoms with Crippen molar-refractivity contribution in [3.8, 4) is 0 Å². The molecule has 0 saturated heterocycles. The summed E-state index contributed by atoms with van der Waals surface area (Å²) < 4.78 is 0. The van der Waals surface area contributed by atoms with Gasteiger partial charge in [0.25, 0.3) is 0 Å². The summed E-state index contributed by atoms with van der Waals surface area (Å²) in [5.41, 5.74) is 7.48. The molecule has 0 atom stereocenters. The number of rotatable bonds is 10. The first-order valence-electron chi connectivity index (χ1n) is 9.44. The number of nitrogens with one attached hydrogen (secondary N) is 2. The minimum Gasteiger partial charge on any atom is -0.543 e. The van der Waals surface area contributed by atoms with Crippen molar-refractivity contribution in [1.82, 2.24) is 10.6 Å². The van der Waals surface area contributed by atoms with Crippen LogP contribution in [0.5, 0.6) is 0 Å². The lowest BCUT2D eigenvalue weighted by molar-refractivity contribution is -0.463. The fourth-order valence-electron chi connectivity index (χ4n) is 1.33. The number of carbonyl (C=O) groups is 4. The van der Waals surface area contributed by atoms with E-state index in [4.69, 9.17) is 30.0 Å². The Morgan fingerprint density at radius 1 is 0.733 bits per heavy atom. The van der Waals surface area contributed by atoms with Crippen molar-refractivity contribution < 1.29 is 51.1 Å². The minimum atomic E-state index is -2.19. The Bertz CT molecular complexity index is 467. The minimum absolute atomic E-state index is 0.0132. The maximum atomic E-state index is 11.0. The zero-order valence-electron chi connectivity index (χ0n) is 18.4. The largest absolute Gasteiger partial charge is 0.543 e. The smallest absolute Gasteiger partial charge is 0.220 e. The standard InChI is InChI=1S/2C8H18N2O2.C2H2O4/c2*1-8(2,9)6-10-7(12)4-3-5-11;3-1(4)2(5)6/h2*11H,3-6,9H2,1-2H3,(H,10,12);(H,3,4)(H,5,6). The number of carbonyl (C=O) groups excluding carboxylic acids is 4. The molecule has 0 bridgehead atoms. The summed E-state index contributed by atoms with van der Waals surface area (Å²) in [7, 11) is 0. The quantitative estimate of drug-likeness (QED) is 0.179. The van der Waals surface area contributed by atoms with Crippen LogP contribution in [0.1, 0.15) is 53.4 Å². The highest BCUT2D eigenvalue weighted by Gasteiger charge is 2.16. The number of hydrogen-bond acceptors (Lipinski definition) is 8. The topological polar surface area (TPSA) is 234 Å². The van der Waals surface area contributed by atoms with Gasteiger partial charge in [0.1, 0.15) is 11.1 Å². The molecule has 0 spiro atoms. The summed E-state index contributed by atoms with van der Waals surface area (Å²) in [6.45, 7) is 9.13. The SMILES string of the molecule is CC(C)([NH3+])CNC(=O)CCCO.CC(C)([NH3+])CNC(=O)CCCO.O=C([O-])C(=O)[O-]. The van der Waals surface area contributed by atoms with Crippen molar-refractivity contribution in [1.29, 1.82) is 0 Å². The van der Waals surface area contributed by atoms with Gasteiger partial charge in [-0.3, -0.25) is 9.59 Å². The van der Waals surface area contributed by atoms with Gasteiger partial charge in [0.05, 0.1) is 25.0 Å². The predicted octanol–water partition coefficient (Wildman–Crippen LogP) is -5.72. The van der Waals surface area contributed by atoms with Crippen molar-refractivity contribution >= 4 is 23.8 Å². The van der Waals surface area contributed by atoms with Gasteiger partial charge in [-0.25, -0.2) is 0 Å². The molecule has 30 heavy (non-hydrogen) atoms. The molecule has 10 N–H and O–H groups in total. The Kier molecular flexibility index (Phi) is 19.0. The third-order valence-electron chi connectivity index (χ3n) is 2.82. The average Bonchev–Trinajstić information content (AvgIpc) is 2.61. The molecule has 178 valence electrons. The normalized spacial score (nSPS) is 10.5. The van der Waals surface area contributed by atoms with E-state index >= 15 is 0 Å². The van der Waals surface area contributed by atoms with Crippen LogP contribution < -0.4 is 32.3 Å². The van der Waals surface area contributed by atoms with Gasteiger partial charge in [0.15, 0.2) is 0 Å². The second-order valence-electron chi connectivity index (χ2n) is 8.11.